The summed E-state index contributed by atoms with van der Waals surface area (Å²) in [4.78, 5) is 25.1. The van der Waals surface area contributed by atoms with Crippen molar-refractivity contribution in [3.63, 3.8) is 0 Å². The average molecular weight is 319 g/mol. The Kier molecular flexibility index (Phi) is 4.63. The van der Waals surface area contributed by atoms with Crippen LogP contribution in [0.15, 0.2) is 18.2 Å². The second kappa shape index (κ2) is 6.32. The van der Waals surface area contributed by atoms with Gasteiger partial charge in [0.1, 0.15) is 5.60 Å². The van der Waals surface area contributed by atoms with E-state index in [1.807, 2.05) is 26.8 Å². The van der Waals surface area contributed by atoms with Gasteiger partial charge < -0.3 is 19.5 Å². The minimum absolute atomic E-state index is 0.0963. The Morgan fingerprint density at radius 1 is 1.35 bits per heavy atom. The third-order valence-corrected chi connectivity index (χ3v) is 3.41. The molecule has 1 N–H and O–H groups in total. The van der Waals surface area contributed by atoms with Crippen molar-refractivity contribution in [3.05, 3.63) is 29.3 Å². The smallest absolute Gasteiger partial charge is 0.410 e. The summed E-state index contributed by atoms with van der Waals surface area (Å²) in [6, 6.07) is 3.12. The molecule has 0 aliphatic carbocycles. The monoisotopic (exact) mass is 319 g/mol. The van der Waals surface area contributed by atoms with E-state index in [-0.39, 0.29) is 17.1 Å². The first-order chi connectivity index (χ1) is 10.8. The molecule has 23 heavy (non-hydrogen) atoms. The number of methoxy groups -OCH3 is 1. The van der Waals surface area contributed by atoms with Gasteiger partial charge in [0.15, 0.2) is 17.8 Å². The molecule has 6 nitrogen and oxygen atoms in total. The number of carbonyl (C=O) groups is 2. The number of phenolic OH excluding ortho intramolecular Hbond substituents is 1. The van der Waals surface area contributed by atoms with Gasteiger partial charge in [0.05, 0.1) is 12.7 Å². The lowest BCUT2D eigenvalue weighted by molar-refractivity contribution is 0.0306. The van der Waals surface area contributed by atoms with Crippen LogP contribution in [-0.2, 0) is 4.74 Å². The van der Waals surface area contributed by atoms with Crippen LogP contribution in [0, 0.1) is 0 Å². The third kappa shape index (κ3) is 3.64. The van der Waals surface area contributed by atoms with Gasteiger partial charge in [-0.25, -0.2) is 4.79 Å². The van der Waals surface area contributed by atoms with E-state index in [0.717, 1.165) is 5.57 Å². The second-order valence-electron chi connectivity index (χ2n) is 6.29. The van der Waals surface area contributed by atoms with Crippen molar-refractivity contribution in [3.8, 4) is 11.5 Å². The van der Waals surface area contributed by atoms with Crippen molar-refractivity contribution in [2.24, 2.45) is 0 Å². The first-order valence-corrected chi connectivity index (χ1v) is 7.29. The predicted octanol–water partition coefficient (Wildman–Crippen LogP) is 2.85. The van der Waals surface area contributed by atoms with E-state index in [2.05, 4.69) is 0 Å². The number of aldehydes is 1. The van der Waals surface area contributed by atoms with Crippen LogP contribution in [-0.4, -0.2) is 48.2 Å². The zero-order valence-corrected chi connectivity index (χ0v) is 13.8. The first-order valence-electron chi connectivity index (χ1n) is 7.29. The molecular formula is C17H21NO5. The van der Waals surface area contributed by atoms with Crippen molar-refractivity contribution in [1.29, 1.82) is 0 Å². The van der Waals surface area contributed by atoms with Crippen LogP contribution in [0.1, 0.15) is 36.7 Å². The number of ether oxygens (including phenoxy) is 2. The molecule has 0 unspecified atom stereocenters. The van der Waals surface area contributed by atoms with Crippen LogP contribution >= 0.6 is 0 Å². The number of rotatable bonds is 3. The summed E-state index contributed by atoms with van der Waals surface area (Å²) in [6.07, 6.45) is 2.11. The van der Waals surface area contributed by atoms with E-state index >= 15 is 0 Å². The summed E-state index contributed by atoms with van der Waals surface area (Å²) in [7, 11) is 1.39. The molecule has 1 aromatic carbocycles. The molecule has 0 spiro atoms. The van der Waals surface area contributed by atoms with Gasteiger partial charge in [-0.3, -0.25) is 4.79 Å². The first kappa shape index (κ1) is 16.9. The zero-order valence-electron chi connectivity index (χ0n) is 13.8. The highest BCUT2D eigenvalue weighted by molar-refractivity contribution is 5.92. The molecule has 0 atom stereocenters. The number of aromatic hydroxyl groups is 1. The molecule has 1 heterocycles. The van der Waals surface area contributed by atoms with E-state index in [1.165, 1.54) is 13.2 Å². The largest absolute Gasteiger partial charge is 0.504 e. The molecular weight excluding hydrogens is 298 g/mol. The van der Waals surface area contributed by atoms with Crippen molar-refractivity contribution >= 4 is 18.0 Å². The summed E-state index contributed by atoms with van der Waals surface area (Å²) in [5.41, 5.74) is 1.16. The van der Waals surface area contributed by atoms with Crippen LogP contribution in [0.5, 0.6) is 11.5 Å². The Hall–Kier alpha value is -2.50. The highest BCUT2D eigenvalue weighted by Gasteiger charge is 2.27. The van der Waals surface area contributed by atoms with Gasteiger partial charge in [-0.2, -0.15) is 0 Å². The van der Waals surface area contributed by atoms with Crippen LogP contribution in [0.25, 0.3) is 5.57 Å². The lowest BCUT2D eigenvalue weighted by atomic mass is 9.99. The molecule has 0 radical (unpaired) electrons. The lowest BCUT2D eigenvalue weighted by Gasteiger charge is -2.24. The second-order valence-corrected chi connectivity index (χ2v) is 6.29. The van der Waals surface area contributed by atoms with Gasteiger partial charge in [-0.1, -0.05) is 6.08 Å². The van der Waals surface area contributed by atoms with Gasteiger partial charge in [-0.05, 0) is 44.0 Å². The Bertz CT molecular complexity index is 658. The molecule has 0 saturated heterocycles. The van der Waals surface area contributed by atoms with Gasteiger partial charge in [0.25, 0.3) is 0 Å². The van der Waals surface area contributed by atoms with Crippen molar-refractivity contribution in [2.45, 2.75) is 26.4 Å². The number of hydrogen-bond acceptors (Lipinski definition) is 5. The fraction of sp³-hybridized carbons (Fsp3) is 0.412. The van der Waals surface area contributed by atoms with Crippen LogP contribution in [0.4, 0.5) is 4.79 Å². The van der Waals surface area contributed by atoms with E-state index in [1.54, 1.807) is 11.0 Å². The highest BCUT2D eigenvalue weighted by atomic mass is 16.6. The lowest BCUT2D eigenvalue weighted by Crippen LogP contribution is -2.35. The molecule has 0 bridgehead atoms. The minimum Gasteiger partial charge on any atom is -0.504 e. The van der Waals surface area contributed by atoms with Crippen LogP contribution in [0.3, 0.4) is 0 Å². The fourth-order valence-electron chi connectivity index (χ4n) is 2.42. The molecule has 0 saturated carbocycles. The number of hydrogen-bond donors (Lipinski definition) is 1. The number of carbonyl (C=O) groups excluding carboxylic acids is 2. The highest BCUT2D eigenvalue weighted by Crippen LogP contribution is 2.35. The summed E-state index contributed by atoms with van der Waals surface area (Å²) in [5, 5.41) is 9.77. The number of benzene rings is 1. The summed E-state index contributed by atoms with van der Waals surface area (Å²) in [5.74, 6) is 0.0371. The van der Waals surface area contributed by atoms with Crippen molar-refractivity contribution in [1.82, 2.24) is 4.90 Å². The Morgan fingerprint density at radius 2 is 2.04 bits per heavy atom. The van der Waals surface area contributed by atoms with Crippen LogP contribution < -0.4 is 4.74 Å². The molecule has 124 valence electrons. The van der Waals surface area contributed by atoms with Gasteiger partial charge in [0.2, 0.25) is 0 Å². The predicted molar refractivity (Wildman–Crippen MR) is 85.8 cm³/mol. The van der Waals surface area contributed by atoms with Gasteiger partial charge in [0, 0.05) is 13.1 Å². The maximum Gasteiger partial charge on any atom is 0.410 e. The molecule has 1 aliphatic rings. The van der Waals surface area contributed by atoms with Gasteiger partial charge >= 0.3 is 6.09 Å². The maximum absolute atomic E-state index is 12.1. The normalized spacial score (nSPS) is 14.4. The van der Waals surface area contributed by atoms with E-state index in [0.29, 0.717) is 24.9 Å². The number of phenols is 1. The Morgan fingerprint density at radius 3 is 2.61 bits per heavy atom. The summed E-state index contributed by atoms with van der Waals surface area (Å²) in [6.45, 7) is 6.18. The SMILES string of the molecule is COc1c(O)ccc(C2=CCN(C(=O)OC(C)(C)C)C2)c1C=O. The minimum atomic E-state index is -0.560. The third-order valence-electron chi connectivity index (χ3n) is 3.41. The fourth-order valence-corrected chi connectivity index (χ4v) is 2.42. The molecule has 1 amide bonds. The number of amides is 1. The van der Waals surface area contributed by atoms with E-state index in [9.17, 15) is 14.7 Å². The molecule has 2 rings (SSSR count). The zero-order chi connectivity index (χ0) is 17.2. The summed E-state index contributed by atoms with van der Waals surface area (Å²) < 4.78 is 10.4. The summed E-state index contributed by atoms with van der Waals surface area (Å²) >= 11 is 0. The average Bonchev–Trinajstić information content (AvgIpc) is 2.94. The topological polar surface area (TPSA) is 76.1 Å². The van der Waals surface area contributed by atoms with Crippen molar-refractivity contribution in [2.75, 3.05) is 20.2 Å². The number of nitrogens with zero attached hydrogens (tertiary/aromatic N) is 1. The Balaban J connectivity index is 2.23. The quantitative estimate of drug-likeness (QED) is 0.867. The van der Waals surface area contributed by atoms with E-state index < -0.39 is 11.7 Å². The molecule has 0 aromatic heterocycles. The standard InChI is InChI=1S/C17H21NO5/c1-17(2,3)23-16(21)18-8-7-11(9-18)12-5-6-14(20)15(22-4)13(12)10-19/h5-7,10,20H,8-9H2,1-4H3. The van der Waals surface area contributed by atoms with Crippen molar-refractivity contribution < 1.29 is 24.2 Å². The molecule has 0 fully saturated rings. The van der Waals surface area contributed by atoms with Gasteiger partial charge in [-0.15, -0.1) is 0 Å². The molecule has 1 aromatic rings. The Labute approximate surface area is 135 Å². The maximum atomic E-state index is 12.1. The molecule has 6 heteroatoms. The molecule has 1 aliphatic heterocycles. The van der Waals surface area contributed by atoms with E-state index in [4.69, 9.17) is 9.47 Å². The van der Waals surface area contributed by atoms with Crippen LogP contribution in [0.2, 0.25) is 0 Å².